The van der Waals surface area contributed by atoms with E-state index in [0.29, 0.717) is 0 Å². The van der Waals surface area contributed by atoms with Crippen LogP contribution >= 0.6 is 31.9 Å². The number of hydrogen-bond acceptors (Lipinski definition) is 3. The van der Waals surface area contributed by atoms with Crippen LogP contribution in [0.15, 0.2) is 45.3 Å². The van der Waals surface area contributed by atoms with Gasteiger partial charge in [-0.25, -0.2) is 0 Å². The maximum Gasteiger partial charge on any atom is 0.118 e. The zero-order chi connectivity index (χ0) is 15.2. The molecule has 3 nitrogen and oxygen atoms in total. The second-order valence-electron chi connectivity index (χ2n) is 5.28. The molecule has 110 valence electrons. The van der Waals surface area contributed by atoms with Crippen LogP contribution in [0, 0.1) is 0 Å². The first-order valence-electron chi connectivity index (χ1n) is 6.57. The first-order chi connectivity index (χ1) is 9.95. The summed E-state index contributed by atoms with van der Waals surface area (Å²) in [6.07, 6.45) is -0.928. The molecule has 0 radical (unpaired) electrons. The lowest BCUT2D eigenvalue weighted by Crippen LogP contribution is -2.31. The van der Waals surface area contributed by atoms with Gasteiger partial charge in [0.2, 0.25) is 0 Å². The topological polar surface area (TPSA) is 60.7 Å². The van der Waals surface area contributed by atoms with Crippen molar-refractivity contribution in [3.63, 3.8) is 0 Å². The van der Waals surface area contributed by atoms with Gasteiger partial charge in [-0.2, -0.15) is 0 Å². The van der Waals surface area contributed by atoms with E-state index in [4.69, 9.17) is 5.11 Å². The van der Waals surface area contributed by atoms with Gasteiger partial charge in [-0.3, -0.25) is 0 Å². The Morgan fingerprint density at radius 3 is 1.86 bits per heavy atom. The van der Waals surface area contributed by atoms with Crippen molar-refractivity contribution in [3.05, 3.63) is 56.5 Å². The van der Waals surface area contributed by atoms with Gasteiger partial charge < -0.3 is 15.3 Å². The fraction of sp³-hybridized carbons (Fsp3) is 0.250. The van der Waals surface area contributed by atoms with Crippen LogP contribution in [-0.2, 0) is 5.60 Å². The van der Waals surface area contributed by atoms with E-state index in [1.54, 1.807) is 0 Å². The molecule has 0 heterocycles. The number of hydrogen-bond donors (Lipinski definition) is 3. The number of halogens is 2. The summed E-state index contributed by atoms with van der Waals surface area (Å²) in [6.45, 7) is -0.380. The van der Waals surface area contributed by atoms with Crippen LogP contribution < -0.4 is 0 Å². The second-order valence-corrected chi connectivity index (χ2v) is 7.11. The van der Waals surface area contributed by atoms with Gasteiger partial charge in [0.05, 0.1) is 12.7 Å². The highest BCUT2D eigenvalue weighted by Crippen LogP contribution is 2.51. The van der Waals surface area contributed by atoms with E-state index in [9.17, 15) is 10.2 Å². The quantitative estimate of drug-likeness (QED) is 0.724. The average molecular weight is 414 g/mol. The number of aliphatic hydroxyl groups excluding tert-OH is 2. The number of rotatable bonds is 3. The lowest BCUT2D eigenvalue weighted by Gasteiger charge is -2.28. The van der Waals surface area contributed by atoms with Crippen LogP contribution in [0.5, 0.6) is 0 Å². The van der Waals surface area contributed by atoms with Gasteiger partial charge in [0, 0.05) is 15.4 Å². The number of fused-ring (bicyclic) bond motifs is 3. The summed E-state index contributed by atoms with van der Waals surface area (Å²) in [6, 6.07) is 11.5. The Morgan fingerprint density at radius 2 is 1.43 bits per heavy atom. The molecule has 2 aromatic rings. The first-order valence-corrected chi connectivity index (χ1v) is 8.16. The highest BCUT2D eigenvalue weighted by molar-refractivity contribution is 9.10. The van der Waals surface area contributed by atoms with Crippen LogP contribution in [0.25, 0.3) is 11.1 Å². The Balaban J connectivity index is 2.24. The lowest BCUT2D eigenvalue weighted by atomic mass is 9.86. The molecule has 0 spiro atoms. The molecule has 1 aliphatic carbocycles. The third kappa shape index (κ3) is 2.47. The summed E-state index contributed by atoms with van der Waals surface area (Å²) in [5, 5.41) is 30.2. The molecule has 0 saturated heterocycles. The molecule has 0 bridgehead atoms. The van der Waals surface area contributed by atoms with Crippen molar-refractivity contribution in [2.45, 2.75) is 18.1 Å². The summed E-state index contributed by atoms with van der Waals surface area (Å²) in [4.78, 5) is 0. The van der Waals surface area contributed by atoms with Crippen molar-refractivity contribution < 1.29 is 15.3 Å². The molecular weight excluding hydrogens is 400 g/mol. The predicted molar refractivity (Wildman–Crippen MR) is 88.0 cm³/mol. The normalized spacial score (nSPS) is 16.4. The Morgan fingerprint density at radius 1 is 0.952 bits per heavy atom. The van der Waals surface area contributed by atoms with E-state index in [2.05, 4.69) is 31.9 Å². The lowest BCUT2D eigenvalue weighted by molar-refractivity contribution is -0.00120. The van der Waals surface area contributed by atoms with Crippen LogP contribution in [0.4, 0.5) is 0 Å². The van der Waals surface area contributed by atoms with Crippen molar-refractivity contribution in [2.24, 2.45) is 0 Å². The Bertz CT molecular complexity index is 648. The van der Waals surface area contributed by atoms with Gasteiger partial charge in [0.15, 0.2) is 0 Å². The summed E-state index contributed by atoms with van der Waals surface area (Å²) in [5.41, 5.74) is 2.09. The molecule has 1 aliphatic rings. The SMILES string of the molecule is OC[C@H](O)CC1(O)c2cc(Br)ccc2-c2ccc(Br)cc21. The molecule has 2 aromatic carbocycles. The van der Waals surface area contributed by atoms with Crippen LogP contribution in [0.3, 0.4) is 0 Å². The van der Waals surface area contributed by atoms with E-state index in [1.807, 2.05) is 36.4 Å². The standard InChI is InChI=1S/C16H14Br2O3/c17-9-1-3-12-13-4-2-10(18)6-15(13)16(21,14(12)5-9)7-11(20)8-19/h1-6,11,19-21H,7-8H2/t11-/m1/s1. The van der Waals surface area contributed by atoms with Gasteiger partial charge in [-0.05, 0) is 46.5 Å². The molecule has 0 saturated carbocycles. The van der Waals surface area contributed by atoms with E-state index >= 15 is 0 Å². The predicted octanol–water partition coefficient (Wildman–Crippen LogP) is 3.17. The maximum atomic E-state index is 11.2. The van der Waals surface area contributed by atoms with Crippen LogP contribution in [0.2, 0.25) is 0 Å². The molecule has 3 rings (SSSR count). The molecular formula is C16H14Br2O3. The second kappa shape index (κ2) is 5.48. The highest BCUT2D eigenvalue weighted by atomic mass is 79.9. The Kier molecular flexibility index (Phi) is 3.96. The number of benzene rings is 2. The van der Waals surface area contributed by atoms with Gasteiger partial charge >= 0.3 is 0 Å². The zero-order valence-electron chi connectivity index (χ0n) is 11.1. The minimum Gasteiger partial charge on any atom is -0.394 e. The molecule has 0 unspecified atom stereocenters. The van der Waals surface area contributed by atoms with E-state index in [0.717, 1.165) is 31.2 Å². The van der Waals surface area contributed by atoms with Crippen molar-refractivity contribution in [3.8, 4) is 11.1 Å². The van der Waals surface area contributed by atoms with Crippen LogP contribution in [0.1, 0.15) is 17.5 Å². The largest absolute Gasteiger partial charge is 0.394 e. The Labute approximate surface area is 139 Å². The summed E-state index contributed by atoms with van der Waals surface area (Å²) >= 11 is 6.85. The molecule has 21 heavy (non-hydrogen) atoms. The average Bonchev–Trinajstić information content (AvgIpc) is 2.68. The van der Waals surface area contributed by atoms with E-state index in [-0.39, 0.29) is 13.0 Å². The van der Waals surface area contributed by atoms with Crippen molar-refractivity contribution >= 4 is 31.9 Å². The fourth-order valence-electron chi connectivity index (χ4n) is 2.96. The van der Waals surface area contributed by atoms with Gasteiger partial charge in [0.25, 0.3) is 0 Å². The molecule has 0 fully saturated rings. The van der Waals surface area contributed by atoms with Crippen molar-refractivity contribution in [1.82, 2.24) is 0 Å². The van der Waals surface area contributed by atoms with Gasteiger partial charge in [-0.1, -0.05) is 44.0 Å². The summed E-state index contributed by atoms with van der Waals surface area (Å²) < 4.78 is 1.73. The Hall–Kier alpha value is -0.720. The van der Waals surface area contributed by atoms with Crippen LogP contribution in [-0.4, -0.2) is 28.0 Å². The maximum absolute atomic E-state index is 11.2. The first kappa shape index (κ1) is 15.2. The molecule has 0 amide bonds. The van der Waals surface area contributed by atoms with E-state index < -0.39 is 11.7 Å². The van der Waals surface area contributed by atoms with E-state index in [1.165, 1.54) is 0 Å². The fourth-order valence-corrected chi connectivity index (χ4v) is 3.68. The van der Waals surface area contributed by atoms with Gasteiger partial charge in [0.1, 0.15) is 5.60 Å². The summed E-state index contributed by atoms with van der Waals surface area (Å²) in [7, 11) is 0. The molecule has 0 aliphatic heterocycles. The zero-order valence-corrected chi connectivity index (χ0v) is 14.2. The third-order valence-corrected chi connectivity index (χ3v) is 4.87. The molecule has 3 N–H and O–H groups in total. The molecule has 0 aromatic heterocycles. The molecule has 1 atom stereocenters. The van der Waals surface area contributed by atoms with Crippen molar-refractivity contribution in [2.75, 3.05) is 6.61 Å². The minimum atomic E-state index is -1.31. The van der Waals surface area contributed by atoms with Crippen molar-refractivity contribution in [1.29, 1.82) is 0 Å². The third-order valence-electron chi connectivity index (χ3n) is 3.89. The highest BCUT2D eigenvalue weighted by Gasteiger charge is 2.43. The number of aliphatic hydroxyl groups is 3. The van der Waals surface area contributed by atoms with Gasteiger partial charge in [-0.15, -0.1) is 0 Å². The minimum absolute atomic E-state index is 0.0520. The summed E-state index contributed by atoms with van der Waals surface area (Å²) in [5.74, 6) is 0. The molecule has 5 heteroatoms. The smallest absolute Gasteiger partial charge is 0.118 e. The monoisotopic (exact) mass is 412 g/mol.